The molecule has 0 bridgehead atoms. The number of methoxy groups -OCH3 is 1. The molecule has 2 aromatic carbocycles. The molecule has 0 aliphatic heterocycles. The molecule has 0 saturated carbocycles. The number of hydrogen-bond acceptors (Lipinski definition) is 9. The molecule has 0 unspecified atom stereocenters. The van der Waals surface area contributed by atoms with Crippen LogP contribution in [0.4, 0.5) is 11.6 Å². The highest BCUT2D eigenvalue weighted by Gasteiger charge is 2.15. The summed E-state index contributed by atoms with van der Waals surface area (Å²) in [4.78, 5) is 49.5. The molecule has 1 N–H and O–H groups in total. The molecular formula is C24H20Cl2N6O5. The Morgan fingerprint density at radius 3 is 2.38 bits per heavy atom. The van der Waals surface area contributed by atoms with Crippen LogP contribution in [-0.4, -0.2) is 37.2 Å². The lowest BCUT2D eigenvalue weighted by atomic mass is 10.2. The van der Waals surface area contributed by atoms with Crippen LogP contribution in [0, 0.1) is 0 Å². The number of benzene rings is 2. The molecule has 4 aromatic rings. The molecule has 11 nitrogen and oxygen atoms in total. The van der Waals surface area contributed by atoms with E-state index in [1.54, 1.807) is 48.5 Å². The zero-order valence-corrected chi connectivity index (χ0v) is 20.9. The second-order valence-corrected chi connectivity index (χ2v) is 8.45. The zero-order valence-electron chi connectivity index (χ0n) is 19.4. The van der Waals surface area contributed by atoms with Gasteiger partial charge in [0.25, 0.3) is 0 Å². The second kappa shape index (κ2) is 11.7. The number of carbonyl (C=O) groups is 1. The number of anilines is 2. The third-order valence-corrected chi connectivity index (χ3v) is 5.52. The number of esters is 1. The van der Waals surface area contributed by atoms with Crippen LogP contribution in [0.15, 0.2) is 70.5 Å². The van der Waals surface area contributed by atoms with E-state index in [2.05, 4.69) is 25.0 Å². The minimum Gasteiger partial charge on any atom is -0.469 e. The average Bonchev–Trinajstić information content (AvgIpc) is 2.88. The fourth-order valence-electron chi connectivity index (χ4n) is 3.27. The predicted molar refractivity (Wildman–Crippen MR) is 137 cm³/mol. The van der Waals surface area contributed by atoms with Gasteiger partial charge in [-0.2, -0.15) is 9.97 Å². The van der Waals surface area contributed by atoms with Crippen LogP contribution in [0.2, 0.25) is 10.2 Å². The van der Waals surface area contributed by atoms with Crippen molar-refractivity contribution in [2.24, 2.45) is 0 Å². The molecule has 0 radical (unpaired) electrons. The van der Waals surface area contributed by atoms with Crippen molar-refractivity contribution in [1.29, 1.82) is 0 Å². The molecule has 37 heavy (non-hydrogen) atoms. The molecule has 0 spiro atoms. The van der Waals surface area contributed by atoms with Crippen LogP contribution in [0.5, 0.6) is 11.6 Å². The van der Waals surface area contributed by atoms with Crippen molar-refractivity contribution in [2.45, 2.75) is 19.5 Å². The zero-order chi connectivity index (χ0) is 26.4. The summed E-state index contributed by atoms with van der Waals surface area (Å²) < 4.78 is 12.4. The van der Waals surface area contributed by atoms with E-state index in [0.717, 1.165) is 10.1 Å². The Labute approximate surface area is 220 Å². The van der Waals surface area contributed by atoms with Crippen LogP contribution in [0.1, 0.15) is 12.0 Å². The summed E-state index contributed by atoms with van der Waals surface area (Å²) in [5.41, 5.74) is -0.155. The molecule has 2 aromatic heterocycles. The summed E-state index contributed by atoms with van der Waals surface area (Å²) >= 11 is 11.8. The molecule has 2 heterocycles. The van der Waals surface area contributed by atoms with Gasteiger partial charge in [-0.1, -0.05) is 35.3 Å². The van der Waals surface area contributed by atoms with Gasteiger partial charge in [0.1, 0.15) is 5.75 Å². The number of nitrogens with zero attached hydrogens (tertiary/aromatic N) is 5. The Kier molecular flexibility index (Phi) is 8.16. The third kappa shape index (κ3) is 6.72. The Bertz CT molecular complexity index is 1520. The first-order valence-electron chi connectivity index (χ1n) is 10.9. The fourth-order valence-corrected chi connectivity index (χ4v) is 3.53. The number of nitrogens with one attached hydrogen (secondary N) is 1. The smallest absolute Gasteiger partial charge is 0.354 e. The SMILES string of the molecule is COC(=O)CCn1c(=O)nc(Nc2ccc(Oc3cncc(Cl)n3)cc2)n(Cc2ccc(Cl)cc2)c1=O. The first-order valence-corrected chi connectivity index (χ1v) is 11.6. The van der Waals surface area contributed by atoms with Gasteiger partial charge in [0.05, 0.1) is 32.5 Å². The molecule has 13 heteroatoms. The average molecular weight is 543 g/mol. The molecule has 190 valence electrons. The summed E-state index contributed by atoms with van der Waals surface area (Å²) in [6.45, 7) is -0.0743. The normalized spacial score (nSPS) is 10.7. The summed E-state index contributed by atoms with van der Waals surface area (Å²) in [6, 6.07) is 13.6. The van der Waals surface area contributed by atoms with Gasteiger partial charge in [0, 0.05) is 17.3 Å². The molecule has 0 aliphatic rings. The van der Waals surface area contributed by atoms with E-state index in [0.29, 0.717) is 16.5 Å². The Hall–Kier alpha value is -4.22. The van der Waals surface area contributed by atoms with Crippen molar-refractivity contribution < 1.29 is 14.3 Å². The minimum atomic E-state index is -0.803. The standard InChI is InChI=1S/C24H20Cl2N6O5/c1-36-21(33)10-11-31-23(34)30-22(32(24(31)35)14-15-2-4-16(25)5-3-15)28-17-6-8-18(9-7-17)37-20-13-27-12-19(26)29-20/h2-9,12-13H,10-11,14H2,1H3,(H,28,30,34). The highest BCUT2D eigenvalue weighted by molar-refractivity contribution is 6.30. The van der Waals surface area contributed by atoms with Gasteiger partial charge in [-0.3, -0.25) is 14.3 Å². The Balaban J connectivity index is 1.63. The molecule has 0 aliphatic carbocycles. The van der Waals surface area contributed by atoms with E-state index in [1.807, 2.05) is 0 Å². The predicted octanol–water partition coefficient (Wildman–Crippen LogP) is 3.65. The number of halogens is 2. The lowest BCUT2D eigenvalue weighted by Crippen LogP contribution is -2.43. The van der Waals surface area contributed by atoms with Gasteiger partial charge in [0.2, 0.25) is 11.8 Å². The fraction of sp³-hybridized carbons (Fsp3) is 0.167. The van der Waals surface area contributed by atoms with E-state index in [4.69, 9.17) is 27.9 Å². The Morgan fingerprint density at radius 2 is 1.70 bits per heavy atom. The van der Waals surface area contributed by atoms with Crippen molar-refractivity contribution in [1.82, 2.24) is 24.1 Å². The summed E-state index contributed by atoms with van der Waals surface area (Å²) in [5, 5.41) is 3.74. The van der Waals surface area contributed by atoms with Crippen LogP contribution in [0.3, 0.4) is 0 Å². The van der Waals surface area contributed by atoms with Gasteiger partial charge >= 0.3 is 17.3 Å². The van der Waals surface area contributed by atoms with Crippen LogP contribution >= 0.6 is 23.2 Å². The van der Waals surface area contributed by atoms with Gasteiger partial charge in [0.15, 0.2) is 5.15 Å². The van der Waals surface area contributed by atoms with E-state index in [-0.39, 0.29) is 36.5 Å². The highest BCUT2D eigenvalue weighted by atomic mass is 35.5. The summed E-state index contributed by atoms with van der Waals surface area (Å²) in [5.74, 6) is 0.159. The third-order valence-electron chi connectivity index (χ3n) is 5.09. The highest BCUT2D eigenvalue weighted by Crippen LogP contribution is 2.23. The maximum absolute atomic E-state index is 13.3. The largest absolute Gasteiger partial charge is 0.469 e. The quantitative estimate of drug-likeness (QED) is 0.315. The molecule has 0 atom stereocenters. The summed E-state index contributed by atoms with van der Waals surface area (Å²) in [7, 11) is 1.23. The van der Waals surface area contributed by atoms with E-state index in [1.165, 1.54) is 24.1 Å². The van der Waals surface area contributed by atoms with Crippen molar-refractivity contribution in [3.8, 4) is 11.6 Å². The van der Waals surface area contributed by atoms with Gasteiger partial charge in [-0.05, 0) is 42.0 Å². The maximum atomic E-state index is 13.3. The van der Waals surface area contributed by atoms with Crippen LogP contribution in [-0.2, 0) is 22.6 Å². The number of ether oxygens (including phenoxy) is 2. The van der Waals surface area contributed by atoms with Crippen molar-refractivity contribution >= 4 is 40.8 Å². The van der Waals surface area contributed by atoms with Gasteiger partial charge < -0.3 is 14.8 Å². The number of aromatic nitrogens is 5. The van der Waals surface area contributed by atoms with Crippen LogP contribution in [0.25, 0.3) is 0 Å². The molecule has 0 amide bonds. The van der Waals surface area contributed by atoms with Crippen molar-refractivity contribution in [3.05, 3.63) is 97.6 Å². The molecular weight excluding hydrogens is 523 g/mol. The lowest BCUT2D eigenvalue weighted by molar-refractivity contribution is -0.140. The number of rotatable bonds is 9. The summed E-state index contributed by atoms with van der Waals surface area (Å²) in [6.07, 6.45) is 2.66. The van der Waals surface area contributed by atoms with E-state index in [9.17, 15) is 14.4 Å². The lowest BCUT2D eigenvalue weighted by Gasteiger charge is -2.16. The second-order valence-electron chi connectivity index (χ2n) is 7.62. The van der Waals surface area contributed by atoms with Crippen molar-refractivity contribution in [3.63, 3.8) is 0 Å². The van der Waals surface area contributed by atoms with Gasteiger partial charge in [-0.15, -0.1) is 0 Å². The van der Waals surface area contributed by atoms with Gasteiger partial charge in [-0.25, -0.2) is 14.2 Å². The molecule has 0 saturated heterocycles. The first kappa shape index (κ1) is 25.9. The minimum absolute atomic E-state index is 0.0219. The molecule has 4 rings (SSSR count). The topological polar surface area (TPSA) is 130 Å². The number of hydrogen-bond donors (Lipinski definition) is 1. The molecule has 0 fully saturated rings. The Morgan fingerprint density at radius 1 is 0.973 bits per heavy atom. The first-order chi connectivity index (χ1) is 17.8. The van der Waals surface area contributed by atoms with Crippen LogP contribution < -0.4 is 21.4 Å². The maximum Gasteiger partial charge on any atom is 0.354 e. The number of carbonyl (C=O) groups excluding carboxylic acids is 1. The van der Waals surface area contributed by atoms with E-state index >= 15 is 0 Å². The monoisotopic (exact) mass is 542 g/mol. The van der Waals surface area contributed by atoms with Crippen molar-refractivity contribution in [2.75, 3.05) is 12.4 Å². The van der Waals surface area contributed by atoms with E-state index < -0.39 is 17.3 Å².